The normalized spacial score (nSPS) is 11.9. The topological polar surface area (TPSA) is 111 Å². The molecule has 0 aromatic rings. The van der Waals surface area contributed by atoms with Crippen LogP contribution in [0.15, 0.2) is 12.7 Å². The molecule has 0 aliphatic heterocycles. The third kappa shape index (κ3) is 8.78. The molecule has 0 heterocycles. The molecule has 1 amide bonds. The van der Waals surface area contributed by atoms with Crippen LogP contribution in [0.25, 0.3) is 0 Å². The van der Waals surface area contributed by atoms with Crippen LogP contribution in [0, 0.1) is 0 Å². The molecule has 0 aromatic carbocycles. The highest BCUT2D eigenvalue weighted by Crippen LogP contribution is 2.06. The molecular weight excluding hydrogens is 270 g/mol. The maximum Gasteiger partial charge on any atom is 0.508 e. The molecule has 2 N–H and O–H groups in total. The number of hydrogen-bond donors (Lipinski definition) is 2. The van der Waals surface area contributed by atoms with Gasteiger partial charge in [0.1, 0.15) is 18.8 Å². The zero-order valence-electron chi connectivity index (χ0n) is 11.7. The van der Waals surface area contributed by atoms with Crippen LogP contribution in [-0.4, -0.2) is 48.2 Å². The standard InChI is InChI=1S/C12H19NO7/c1-5-6-18-11(17)19-7-8(9(14)15)13-10(16)20-12(2,3)4/h5,8H,1,6-7H2,2-4H3,(H,13,16)(H,14,15)/t8-/m0/s1. The fraction of sp³-hybridized carbons (Fsp3) is 0.583. The lowest BCUT2D eigenvalue weighted by atomic mass is 10.2. The maximum atomic E-state index is 11.4. The molecule has 0 rings (SSSR count). The Balaban J connectivity index is 4.30. The molecule has 0 unspecified atom stereocenters. The summed E-state index contributed by atoms with van der Waals surface area (Å²) in [5.74, 6) is -1.37. The van der Waals surface area contributed by atoms with E-state index >= 15 is 0 Å². The third-order valence-electron chi connectivity index (χ3n) is 1.68. The Hall–Kier alpha value is -2.25. The summed E-state index contributed by atoms with van der Waals surface area (Å²) in [6.07, 6.45) is -0.649. The minimum atomic E-state index is -1.43. The summed E-state index contributed by atoms with van der Waals surface area (Å²) in [7, 11) is 0. The molecular formula is C12H19NO7. The fourth-order valence-corrected chi connectivity index (χ4v) is 0.945. The molecule has 8 nitrogen and oxygen atoms in total. The van der Waals surface area contributed by atoms with Gasteiger partial charge in [-0.05, 0) is 20.8 Å². The first kappa shape index (κ1) is 17.8. The number of carbonyl (C=O) groups excluding carboxylic acids is 2. The van der Waals surface area contributed by atoms with Crippen molar-refractivity contribution in [2.24, 2.45) is 0 Å². The summed E-state index contributed by atoms with van der Waals surface area (Å²) in [6, 6.07) is -1.43. The largest absolute Gasteiger partial charge is 0.508 e. The quantitative estimate of drug-likeness (QED) is 0.560. The highest BCUT2D eigenvalue weighted by atomic mass is 16.7. The smallest absolute Gasteiger partial charge is 0.480 e. The number of carboxylic acids is 1. The highest BCUT2D eigenvalue weighted by Gasteiger charge is 2.25. The number of amides is 1. The van der Waals surface area contributed by atoms with Gasteiger partial charge in [0.25, 0.3) is 0 Å². The second-order valence-electron chi connectivity index (χ2n) is 4.70. The van der Waals surface area contributed by atoms with E-state index in [4.69, 9.17) is 9.84 Å². The minimum Gasteiger partial charge on any atom is -0.480 e. The summed E-state index contributed by atoms with van der Waals surface area (Å²) in [5, 5.41) is 11.0. The molecule has 20 heavy (non-hydrogen) atoms. The van der Waals surface area contributed by atoms with Gasteiger partial charge in [-0.1, -0.05) is 12.7 Å². The lowest BCUT2D eigenvalue weighted by Gasteiger charge is -2.21. The van der Waals surface area contributed by atoms with Gasteiger partial charge in [-0.2, -0.15) is 0 Å². The average molecular weight is 289 g/mol. The first-order valence-corrected chi connectivity index (χ1v) is 5.78. The van der Waals surface area contributed by atoms with E-state index in [2.05, 4.69) is 21.4 Å². The van der Waals surface area contributed by atoms with Crippen molar-refractivity contribution >= 4 is 18.2 Å². The molecule has 0 bridgehead atoms. The Morgan fingerprint density at radius 2 is 1.90 bits per heavy atom. The summed E-state index contributed by atoms with van der Waals surface area (Å²) < 4.78 is 13.9. The number of aliphatic carboxylic acids is 1. The van der Waals surface area contributed by atoms with Crippen molar-refractivity contribution < 1.29 is 33.7 Å². The molecule has 8 heteroatoms. The predicted molar refractivity (Wildman–Crippen MR) is 68.3 cm³/mol. The molecule has 0 fully saturated rings. The zero-order chi connectivity index (χ0) is 15.8. The van der Waals surface area contributed by atoms with Crippen LogP contribution in [-0.2, 0) is 19.0 Å². The highest BCUT2D eigenvalue weighted by molar-refractivity contribution is 5.80. The molecule has 0 aromatic heterocycles. The summed E-state index contributed by atoms with van der Waals surface area (Å²) in [6.45, 7) is 7.58. The Labute approximate surface area is 116 Å². The summed E-state index contributed by atoms with van der Waals surface area (Å²) >= 11 is 0. The van der Waals surface area contributed by atoms with Crippen LogP contribution in [0.4, 0.5) is 9.59 Å². The van der Waals surface area contributed by atoms with E-state index in [9.17, 15) is 14.4 Å². The monoisotopic (exact) mass is 289 g/mol. The van der Waals surface area contributed by atoms with Gasteiger partial charge in [0, 0.05) is 0 Å². The van der Waals surface area contributed by atoms with E-state index in [0.29, 0.717) is 0 Å². The van der Waals surface area contributed by atoms with Crippen LogP contribution < -0.4 is 5.32 Å². The molecule has 0 saturated heterocycles. The number of carbonyl (C=O) groups is 3. The van der Waals surface area contributed by atoms with Gasteiger partial charge in [0.05, 0.1) is 0 Å². The molecule has 0 saturated carbocycles. The Bertz CT molecular complexity index is 372. The van der Waals surface area contributed by atoms with Crippen molar-refractivity contribution in [3.05, 3.63) is 12.7 Å². The first-order valence-electron chi connectivity index (χ1n) is 5.78. The first-order chi connectivity index (χ1) is 9.15. The maximum absolute atomic E-state index is 11.4. The fourth-order valence-electron chi connectivity index (χ4n) is 0.945. The van der Waals surface area contributed by atoms with Gasteiger partial charge in [0.15, 0.2) is 6.04 Å². The van der Waals surface area contributed by atoms with Crippen LogP contribution in [0.2, 0.25) is 0 Å². The van der Waals surface area contributed by atoms with Crippen molar-refractivity contribution in [3.8, 4) is 0 Å². The molecule has 0 spiro atoms. The van der Waals surface area contributed by atoms with Crippen molar-refractivity contribution in [2.75, 3.05) is 13.2 Å². The Morgan fingerprint density at radius 1 is 1.30 bits per heavy atom. The number of rotatable bonds is 6. The molecule has 0 radical (unpaired) electrons. The number of ether oxygens (including phenoxy) is 3. The third-order valence-corrected chi connectivity index (χ3v) is 1.68. The summed E-state index contributed by atoms with van der Waals surface area (Å²) in [5.41, 5.74) is -0.767. The minimum absolute atomic E-state index is 0.0595. The van der Waals surface area contributed by atoms with Crippen molar-refractivity contribution in [2.45, 2.75) is 32.4 Å². The van der Waals surface area contributed by atoms with Crippen LogP contribution in [0.5, 0.6) is 0 Å². The van der Waals surface area contributed by atoms with Gasteiger partial charge in [-0.25, -0.2) is 14.4 Å². The number of alkyl carbamates (subject to hydrolysis) is 1. The van der Waals surface area contributed by atoms with Gasteiger partial charge in [-0.15, -0.1) is 0 Å². The van der Waals surface area contributed by atoms with E-state index in [-0.39, 0.29) is 6.61 Å². The zero-order valence-corrected chi connectivity index (χ0v) is 11.7. The van der Waals surface area contributed by atoms with E-state index in [0.717, 1.165) is 0 Å². The molecule has 114 valence electrons. The van der Waals surface area contributed by atoms with E-state index in [1.165, 1.54) is 6.08 Å². The number of hydrogen-bond acceptors (Lipinski definition) is 6. The van der Waals surface area contributed by atoms with Gasteiger partial charge in [-0.3, -0.25) is 0 Å². The summed E-state index contributed by atoms with van der Waals surface area (Å²) in [4.78, 5) is 33.3. The van der Waals surface area contributed by atoms with Gasteiger partial charge in [0.2, 0.25) is 0 Å². The molecule has 0 aliphatic carbocycles. The number of carboxylic acid groups (broad SMARTS) is 1. The number of nitrogens with one attached hydrogen (secondary N) is 1. The molecule has 0 aliphatic rings. The van der Waals surface area contributed by atoms with Gasteiger partial charge >= 0.3 is 18.2 Å². The Kier molecular flexibility index (Phi) is 7.12. The van der Waals surface area contributed by atoms with Crippen molar-refractivity contribution in [1.82, 2.24) is 5.32 Å². The lowest BCUT2D eigenvalue weighted by molar-refractivity contribution is -0.140. The van der Waals surface area contributed by atoms with Gasteiger partial charge < -0.3 is 24.6 Å². The predicted octanol–water partition coefficient (Wildman–Crippen LogP) is 1.30. The second kappa shape index (κ2) is 8.03. The van der Waals surface area contributed by atoms with E-state index in [1.54, 1.807) is 20.8 Å². The van der Waals surface area contributed by atoms with Crippen LogP contribution >= 0.6 is 0 Å². The molecule has 1 atom stereocenters. The van der Waals surface area contributed by atoms with E-state index in [1.807, 2.05) is 0 Å². The SMILES string of the molecule is C=CCOC(=O)OC[C@H](NC(=O)OC(C)(C)C)C(=O)O. The van der Waals surface area contributed by atoms with Crippen LogP contribution in [0.3, 0.4) is 0 Å². The Morgan fingerprint density at radius 3 is 2.35 bits per heavy atom. The second-order valence-corrected chi connectivity index (χ2v) is 4.70. The van der Waals surface area contributed by atoms with E-state index < -0.39 is 36.5 Å². The lowest BCUT2D eigenvalue weighted by Crippen LogP contribution is -2.46. The van der Waals surface area contributed by atoms with Crippen molar-refractivity contribution in [1.29, 1.82) is 0 Å². The van der Waals surface area contributed by atoms with Crippen molar-refractivity contribution in [3.63, 3.8) is 0 Å². The van der Waals surface area contributed by atoms with Crippen LogP contribution in [0.1, 0.15) is 20.8 Å². The average Bonchev–Trinajstić information content (AvgIpc) is 2.29.